The van der Waals surface area contributed by atoms with Gasteiger partial charge in [0.05, 0.1) is 7.05 Å². The number of nitrogens with one attached hydrogen (secondary N) is 1. The van der Waals surface area contributed by atoms with E-state index in [1.165, 1.54) is 17.7 Å². The van der Waals surface area contributed by atoms with Crippen molar-refractivity contribution in [3.8, 4) is 0 Å². The Balaban J connectivity index is 1.69. The summed E-state index contributed by atoms with van der Waals surface area (Å²) in [5.41, 5.74) is 3.31. The van der Waals surface area contributed by atoms with Gasteiger partial charge in [-0.1, -0.05) is 30.3 Å². The third-order valence-electron chi connectivity index (χ3n) is 4.66. The van der Waals surface area contributed by atoms with E-state index in [0.29, 0.717) is 6.54 Å². The minimum absolute atomic E-state index is 0.147. The lowest BCUT2D eigenvalue weighted by Gasteiger charge is -2.26. The van der Waals surface area contributed by atoms with Gasteiger partial charge in [-0.2, -0.15) is 0 Å². The maximum absolute atomic E-state index is 13.0. The van der Waals surface area contributed by atoms with Crippen LogP contribution in [0.5, 0.6) is 0 Å². The normalized spacial score (nSPS) is 16.0. The third-order valence-corrected chi connectivity index (χ3v) is 4.66. The lowest BCUT2D eigenvalue weighted by molar-refractivity contribution is -0.908. The van der Waals surface area contributed by atoms with Crippen LogP contribution < -0.4 is 9.80 Å². The SMILES string of the molecule is C[C@@H](C(=O)N1CCc2ccccc21)[NH+](C)Cc1ccc(F)cc1. The molecule has 2 atom stereocenters. The van der Waals surface area contributed by atoms with Gasteiger partial charge in [-0.05, 0) is 37.1 Å². The fourth-order valence-electron chi connectivity index (χ4n) is 3.09. The summed E-state index contributed by atoms with van der Waals surface area (Å²) in [6.45, 7) is 3.41. The van der Waals surface area contributed by atoms with Gasteiger partial charge >= 0.3 is 0 Å². The fourth-order valence-corrected chi connectivity index (χ4v) is 3.09. The Morgan fingerprint density at radius 2 is 1.91 bits per heavy atom. The van der Waals surface area contributed by atoms with Crippen LogP contribution in [0.1, 0.15) is 18.1 Å². The highest BCUT2D eigenvalue weighted by atomic mass is 19.1. The first-order chi connectivity index (χ1) is 11.1. The largest absolute Gasteiger partial charge is 0.324 e. The molecule has 2 aromatic rings. The van der Waals surface area contributed by atoms with Crippen molar-refractivity contribution < 1.29 is 14.1 Å². The van der Waals surface area contributed by atoms with Crippen molar-refractivity contribution >= 4 is 11.6 Å². The number of halogens is 1. The van der Waals surface area contributed by atoms with E-state index in [2.05, 4.69) is 6.07 Å². The van der Waals surface area contributed by atoms with Crippen LogP contribution in [0.3, 0.4) is 0 Å². The molecule has 3 rings (SSSR count). The molecule has 1 aliphatic rings. The molecule has 0 aromatic heterocycles. The van der Waals surface area contributed by atoms with E-state index in [9.17, 15) is 9.18 Å². The van der Waals surface area contributed by atoms with Crippen molar-refractivity contribution in [1.29, 1.82) is 0 Å². The Bertz CT molecular complexity index is 699. The van der Waals surface area contributed by atoms with Crippen molar-refractivity contribution in [2.45, 2.75) is 25.9 Å². The zero-order valence-corrected chi connectivity index (χ0v) is 13.6. The van der Waals surface area contributed by atoms with Gasteiger partial charge in [-0.25, -0.2) is 4.39 Å². The van der Waals surface area contributed by atoms with Gasteiger partial charge in [0, 0.05) is 17.8 Å². The van der Waals surface area contributed by atoms with E-state index in [1.54, 1.807) is 12.1 Å². The van der Waals surface area contributed by atoms with Crippen LogP contribution >= 0.6 is 0 Å². The maximum Gasteiger partial charge on any atom is 0.284 e. The van der Waals surface area contributed by atoms with Crippen molar-refractivity contribution in [2.75, 3.05) is 18.5 Å². The smallest absolute Gasteiger partial charge is 0.284 e. The molecule has 1 N–H and O–H groups in total. The quantitative estimate of drug-likeness (QED) is 0.915. The number of amides is 1. The summed E-state index contributed by atoms with van der Waals surface area (Å²) >= 11 is 0. The monoisotopic (exact) mass is 313 g/mol. The van der Waals surface area contributed by atoms with Crippen molar-refractivity contribution in [2.24, 2.45) is 0 Å². The van der Waals surface area contributed by atoms with Crippen LogP contribution in [0.15, 0.2) is 48.5 Å². The number of hydrogen-bond acceptors (Lipinski definition) is 1. The molecule has 0 saturated heterocycles. The Labute approximate surface area is 136 Å². The molecular weight excluding hydrogens is 291 g/mol. The van der Waals surface area contributed by atoms with Gasteiger partial charge in [0.1, 0.15) is 12.4 Å². The highest BCUT2D eigenvalue weighted by Gasteiger charge is 2.31. The summed E-state index contributed by atoms with van der Waals surface area (Å²) < 4.78 is 13.0. The lowest BCUT2D eigenvalue weighted by atomic mass is 10.1. The van der Waals surface area contributed by atoms with Gasteiger partial charge in [-0.3, -0.25) is 4.79 Å². The average Bonchev–Trinajstić information content (AvgIpc) is 2.99. The summed E-state index contributed by atoms with van der Waals surface area (Å²) in [6.07, 6.45) is 0.922. The topological polar surface area (TPSA) is 24.8 Å². The van der Waals surface area contributed by atoms with Gasteiger partial charge in [0.2, 0.25) is 0 Å². The second-order valence-electron chi connectivity index (χ2n) is 6.24. The summed E-state index contributed by atoms with van der Waals surface area (Å²) in [7, 11) is 2.01. The van der Waals surface area contributed by atoms with Crippen molar-refractivity contribution in [3.63, 3.8) is 0 Å². The van der Waals surface area contributed by atoms with Gasteiger partial charge in [0.15, 0.2) is 6.04 Å². The minimum Gasteiger partial charge on any atom is -0.324 e. The molecule has 23 heavy (non-hydrogen) atoms. The molecular formula is C19H22FN2O+. The molecule has 0 fully saturated rings. The van der Waals surface area contributed by atoms with E-state index >= 15 is 0 Å². The average molecular weight is 313 g/mol. The van der Waals surface area contributed by atoms with Crippen molar-refractivity contribution in [1.82, 2.24) is 0 Å². The van der Waals surface area contributed by atoms with Crippen LogP contribution in [0.4, 0.5) is 10.1 Å². The number of hydrogen-bond donors (Lipinski definition) is 1. The van der Waals surface area contributed by atoms with E-state index in [0.717, 1.165) is 29.1 Å². The van der Waals surface area contributed by atoms with E-state index < -0.39 is 0 Å². The number of para-hydroxylation sites is 1. The highest BCUT2D eigenvalue weighted by molar-refractivity contribution is 5.97. The zero-order chi connectivity index (χ0) is 16.4. The second-order valence-corrected chi connectivity index (χ2v) is 6.24. The Morgan fingerprint density at radius 3 is 2.65 bits per heavy atom. The predicted molar refractivity (Wildman–Crippen MR) is 89.0 cm³/mol. The molecule has 0 radical (unpaired) electrons. The molecule has 4 heteroatoms. The number of carbonyl (C=O) groups is 1. The lowest BCUT2D eigenvalue weighted by Crippen LogP contribution is -3.12. The van der Waals surface area contributed by atoms with Gasteiger partial charge in [-0.15, -0.1) is 0 Å². The number of fused-ring (bicyclic) bond motifs is 1. The zero-order valence-electron chi connectivity index (χ0n) is 13.6. The number of anilines is 1. The Morgan fingerprint density at radius 1 is 1.22 bits per heavy atom. The minimum atomic E-state index is -0.232. The number of carbonyl (C=O) groups excluding carboxylic acids is 1. The van der Waals surface area contributed by atoms with E-state index in [1.807, 2.05) is 37.1 Å². The Hall–Kier alpha value is -2.20. The van der Waals surface area contributed by atoms with E-state index in [-0.39, 0.29) is 17.8 Å². The van der Waals surface area contributed by atoms with Crippen LogP contribution in [0.2, 0.25) is 0 Å². The first-order valence-corrected chi connectivity index (χ1v) is 8.02. The molecule has 0 spiro atoms. The molecule has 0 bridgehead atoms. The molecule has 0 aliphatic carbocycles. The van der Waals surface area contributed by atoms with Gasteiger partial charge in [0.25, 0.3) is 5.91 Å². The first kappa shape index (κ1) is 15.7. The summed E-state index contributed by atoms with van der Waals surface area (Å²) in [4.78, 5) is 15.8. The molecule has 2 aromatic carbocycles. The predicted octanol–water partition coefficient (Wildman–Crippen LogP) is 1.82. The molecule has 120 valence electrons. The Kier molecular flexibility index (Phi) is 4.44. The van der Waals surface area contributed by atoms with Crippen LogP contribution in [0.25, 0.3) is 0 Å². The molecule has 1 aliphatic heterocycles. The summed E-state index contributed by atoms with van der Waals surface area (Å²) in [6, 6.07) is 14.4. The van der Waals surface area contributed by atoms with E-state index in [4.69, 9.17) is 0 Å². The molecule has 1 amide bonds. The van der Waals surface area contributed by atoms with Crippen LogP contribution in [-0.4, -0.2) is 25.5 Å². The number of nitrogens with zero attached hydrogens (tertiary/aromatic N) is 1. The number of rotatable bonds is 4. The maximum atomic E-state index is 13.0. The second kappa shape index (κ2) is 6.50. The number of benzene rings is 2. The molecule has 1 unspecified atom stereocenters. The number of quaternary nitrogens is 1. The summed E-state index contributed by atoms with van der Waals surface area (Å²) in [5.74, 6) is -0.0845. The molecule has 0 saturated carbocycles. The first-order valence-electron chi connectivity index (χ1n) is 8.02. The highest BCUT2D eigenvalue weighted by Crippen LogP contribution is 2.27. The van der Waals surface area contributed by atoms with Gasteiger partial charge < -0.3 is 9.80 Å². The summed E-state index contributed by atoms with van der Waals surface area (Å²) in [5, 5.41) is 0. The number of likely N-dealkylation sites (N-methyl/N-ethyl adjacent to an activating group) is 1. The third kappa shape index (κ3) is 3.27. The van der Waals surface area contributed by atoms with Crippen LogP contribution in [-0.2, 0) is 17.8 Å². The van der Waals surface area contributed by atoms with Crippen LogP contribution in [0, 0.1) is 5.82 Å². The molecule has 1 heterocycles. The fraction of sp³-hybridized carbons (Fsp3) is 0.316. The molecule has 3 nitrogen and oxygen atoms in total. The van der Waals surface area contributed by atoms with Crippen molar-refractivity contribution in [3.05, 3.63) is 65.5 Å². The standard InChI is InChI=1S/C19H21FN2O/c1-14(21(2)13-15-7-9-17(20)10-8-15)19(23)22-12-11-16-5-3-4-6-18(16)22/h3-10,14H,11-13H2,1-2H3/p+1/t14-/m0/s1.